The van der Waals surface area contributed by atoms with Gasteiger partial charge < -0.3 is 15.9 Å². The van der Waals surface area contributed by atoms with Gasteiger partial charge in [0, 0.05) is 37.6 Å². The first-order chi connectivity index (χ1) is 12.4. The van der Waals surface area contributed by atoms with E-state index in [-0.39, 0.29) is 24.7 Å². The molecule has 2 aromatic rings. The number of likely N-dealkylation sites (tertiary alicyclic amines) is 1. The molecule has 7 nitrogen and oxygen atoms in total. The summed E-state index contributed by atoms with van der Waals surface area (Å²) in [6.45, 7) is 1.20. The standard InChI is InChI=1S/C18H21FN4O3/c19-14-3-1-12(2-4-14)7-18(16(25)26)11-23(6-5-15(18)24)10-13-8-21-17(20)22-9-13/h1-4,8-9,15,24H,5-7,10-11H2,(H,25,26)(H2,20,21,22)/t15-,18+/m0/s1. The van der Waals surface area contributed by atoms with Gasteiger partial charge in [0.1, 0.15) is 11.2 Å². The van der Waals surface area contributed by atoms with Gasteiger partial charge in [0.2, 0.25) is 5.95 Å². The highest BCUT2D eigenvalue weighted by molar-refractivity contribution is 5.76. The minimum absolute atomic E-state index is 0.124. The molecule has 8 heteroatoms. The van der Waals surface area contributed by atoms with Crippen molar-refractivity contribution < 1.29 is 19.4 Å². The van der Waals surface area contributed by atoms with Gasteiger partial charge >= 0.3 is 5.97 Å². The van der Waals surface area contributed by atoms with E-state index in [0.29, 0.717) is 25.1 Å². The number of nitrogens with two attached hydrogens (primary N) is 1. The first kappa shape index (κ1) is 18.2. The summed E-state index contributed by atoms with van der Waals surface area (Å²) in [5.41, 5.74) is 5.62. The molecule has 0 amide bonds. The molecule has 0 saturated carbocycles. The van der Waals surface area contributed by atoms with Crippen molar-refractivity contribution in [3.8, 4) is 0 Å². The lowest BCUT2D eigenvalue weighted by Crippen LogP contribution is -2.56. The van der Waals surface area contributed by atoms with E-state index in [1.54, 1.807) is 24.5 Å². The summed E-state index contributed by atoms with van der Waals surface area (Å²) in [6, 6.07) is 5.70. The zero-order chi connectivity index (χ0) is 18.7. The first-order valence-electron chi connectivity index (χ1n) is 8.34. The first-order valence-corrected chi connectivity index (χ1v) is 8.34. The molecule has 0 radical (unpaired) electrons. The van der Waals surface area contributed by atoms with Crippen LogP contribution in [0.1, 0.15) is 17.5 Å². The molecular weight excluding hydrogens is 339 g/mol. The molecule has 1 saturated heterocycles. The number of carboxylic acid groups (broad SMARTS) is 1. The predicted octanol–water partition coefficient (Wildman–Crippen LogP) is 1.08. The maximum absolute atomic E-state index is 13.1. The molecule has 2 heterocycles. The van der Waals surface area contributed by atoms with Crippen LogP contribution in [0.5, 0.6) is 0 Å². The highest BCUT2D eigenvalue weighted by Gasteiger charge is 2.49. The number of carbonyl (C=O) groups is 1. The van der Waals surface area contributed by atoms with Crippen LogP contribution in [0.4, 0.5) is 10.3 Å². The van der Waals surface area contributed by atoms with Gasteiger partial charge in [-0.3, -0.25) is 9.69 Å². The second-order valence-corrected chi connectivity index (χ2v) is 6.73. The Labute approximate surface area is 150 Å². The third kappa shape index (κ3) is 3.81. The zero-order valence-corrected chi connectivity index (χ0v) is 14.2. The van der Waals surface area contributed by atoms with Gasteiger partial charge in [0.25, 0.3) is 0 Å². The number of anilines is 1. The number of aliphatic hydroxyl groups excluding tert-OH is 1. The van der Waals surface area contributed by atoms with Crippen molar-refractivity contribution in [1.82, 2.24) is 14.9 Å². The number of nitrogen functional groups attached to an aromatic ring is 1. The Morgan fingerprint density at radius 3 is 2.54 bits per heavy atom. The van der Waals surface area contributed by atoms with Crippen LogP contribution in [-0.4, -0.2) is 50.2 Å². The number of benzene rings is 1. The summed E-state index contributed by atoms with van der Waals surface area (Å²) >= 11 is 0. The highest BCUT2D eigenvalue weighted by atomic mass is 19.1. The average Bonchev–Trinajstić information content (AvgIpc) is 2.61. The van der Waals surface area contributed by atoms with Crippen molar-refractivity contribution in [1.29, 1.82) is 0 Å². The third-order valence-corrected chi connectivity index (χ3v) is 4.85. The molecule has 2 atom stereocenters. The van der Waals surface area contributed by atoms with E-state index in [1.807, 2.05) is 4.90 Å². The van der Waals surface area contributed by atoms with Crippen molar-refractivity contribution in [3.63, 3.8) is 0 Å². The number of nitrogens with zero attached hydrogens (tertiary/aromatic N) is 3. The number of rotatable bonds is 5. The lowest BCUT2D eigenvalue weighted by atomic mass is 9.72. The largest absolute Gasteiger partial charge is 0.481 e. The molecule has 1 aliphatic rings. The van der Waals surface area contributed by atoms with Crippen molar-refractivity contribution in [2.75, 3.05) is 18.8 Å². The van der Waals surface area contributed by atoms with Gasteiger partial charge in [0.15, 0.2) is 0 Å². The molecule has 138 valence electrons. The summed E-state index contributed by atoms with van der Waals surface area (Å²) in [7, 11) is 0. The molecule has 0 bridgehead atoms. The number of hydrogen-bond donors (Lipinski definition) is 3. The van der Waals surface area contributed by atoms with Gasteiger partial charge in [-0.1, -0.05) is 12.1 Å². The van der Waals surface area contributed by atoms with Crippen LogP contribution in [0.25, 0.3) is 0 Å². The summed E-state index contributed by atoms with van der Waals surface area (Å²) in [4.78, 5) is 21.9. The number of aromatic nitrogens is 2. The normalized spacial score (nSPS) is 23.7. The number of piperidine rings is 1. The SMILES string of the molecule is Nc1ncc(CN2CC[C@H](O)[C@](Cc3ccc(F)cc3)(C(=O)O)C2)cn1. The van der Waals surface area contributed by atoms with Gasteiger partial charge in [-0.25, -0.2) is 14.4 Å². The fourth-order valence-electron chi connectivity index (χ4n) is 3.43. The van der Waals surface area contributed by atoms with Crippen molar-refractivity contribution in [3.05, 3.63) is 53.6 Å². The van der Waals surface area contributed by atoms with Crippen LogP contribution >= 0.6 is 0 Å². The van der Waals surface area contributed by atoms with E-state index in [1.165, 1.54) is 12.1 Å². The van der Waals surface area contributed by atoms with E-state index >= 15 is 0 Å². The van der Waals surface area contributed by atoms with Crippen molar-refractivity contribution in [2.45, 2.75) is 25.5 Å². The van der Waals surface area contributed by atoms with Gasteiger partial charge in [-0.2, -0.15) is 0 Å². The van der Waals surface area contributed by atoms with E-state index in [9.17, 15) is 19.4 Å². The number of aliphatic carboxylic acids is 1. The average molecular weight is 360 g/mol. The smallest absolute Gasteiger partial charge is 0.313 e. The predicted molar refractivity (Wildman–Crippen MR) is 92.5 cm³/mol. The third-order valence-electron chi connectivity index (χ3n) is 4.85. The van der Waals surface area contributed by atoms with Crippen LogP contribution in [0, 0.1) is 11.2 Å². The molecule has 4 N–H and O–H groups in total. The van der Waals surface area contributed by atoms with Gasteiger partial charge in [-0.05, 0) is 30.5 Å². The van der Waals surface area contributed by atoms with Crippen LogP contribution in [0.2, 0.25) is 0 Å². The molecule has 0 spiro atoms. The number of aliphatic hydroxyl groups is 1. The fourth-order valence-corrected chi connectivity index (χ4v) is 3.43. The van der Waals surface area contributed by atoms with Crippen molar-refractivity contribution >= 4 is 11.9 Å². The summed E-state index contributed by atoms with van der Waals surface area (Å²) in [5.74, 6) is -1.26. The second-order valence-electron chi connectivity index (χ2n) is 6.73. The Bertz CT molecular complexity index is 769. The van der Waals surface area contributed by atoms with E-state index in [4.69, 9.17) is 5.73 Å². The maximum atomic E-state index is 13.1. The summed E-state index contributed by atoms with van der Waals surface area (Å²) < 4.78 is 13.1. The lowest BCUT2D eigenvalue weighted by molar-refractivity contribution is -0.163. The zero-order valence-electron chi connectivity index (χ0n) is 14.2. The quantitative estimate of drug-likeness (QED) is 0.731. The van der Waals surface area contributed by atoms with Crippen LogP contribution in [-0.2, 0) is 17.8 Å². The Morgan fingerprint density at radius 2 is 1.92 bits per heavy atom. The molecule has 26 heavy (non-hydrogen) atoms. The molecule has 0 unspecified atom stereocenters. The minimum Gasteiger partial charge on any atom is -0.481 e. The van der Waals surface area contributed by atoms with Crippen LogP contribution in [0.15, 0.2) is 36.7 Å². The summed E-state index contributed by atoms with van der Waals surface area (Å²) in [6.07, 6.45) is 2.69. The monoisotopic (exact) mass is 360 g/mol. The van der Waals surface area contributed by atoms with E-state index < -0.39 is 17.5 Å². The maximum Gasteiger partial charge on any atom is 0.313 e. The molecule has 3 rings (SSSR count). The molecular formula is C18H21FN4O3. The Balaban J connectivity index is 1.81. The Morgan fingerprint density at radius 1 is 1.27 bits per heavy atom. The van der Waals surface area contributed by atoms with Crippen LogP contribution in [0.3, 0.4) is 0 Å². The lowest BCUT2D eigenvalue weighted by Gasteiger charge is -2.43. The van der Waals surface area contributed by atoms with E-state index in [2.05, 4.69) is 9.97 Å². The molecule has 1 aromatic heterocycles. The number of carboxylic acids is 1. The summed E-state index contributed by atoms with van der Waals surface area (Å²) in [5, 5.41) is 20.4. The molecule has 1 aliphatic heterocycles. The highest BCUT2D eigenvalue weighted by Crippen LogP contribution is 2.35. The molecule has 1 aromatic carbocycles. The minimum atomic E-state index is -1.36. The number of halogens is 1. The number of hydrogen-bond acceptors (Lipinski definition) is 6. The molecule has 1 fully saturated rings. The van der Waals surface area contributed by atoms with Crippen LogP contribution < -0.4 is 5.73 Å². The molecule has 0 aliphatic carbocycles. The van der Waals surface area contributed by atoms with Gasteiger partial charge in [-0.15, -0.1) is 0 Å². The second kappa shape index (κ2) is 7.35. The van der Waals surface area contributed by atoms with E-state index in [0.717, 1.165) is 5.56 Å². The Kier molecular flexibility index (Phi) is 5.15. The van der Waals surface area contributed by atoms with Crippen molar-refractivity contribution in [2.24, 2.45) is 5.41 Å². The topological polar surface area (TPSA) is 113 Å². The Hall–Kier alpha value is -2.58. The van der Waals surface area contributed by atoms with Gasteiger partial charge in [0.05, 0.1) is 6.10 Å². The fraction of sp³-hybridized carbons (Fsp3) is 0.389.